The van der Waals surface area contributed by atoms with E-state index in [1.54, 1.807) is 6.33 Å². The van der Waals surface area contributed by atoms with E-state index in [2.05, 4.69) is 21.9 Å². The Labute approximate surface area is 114 Å². The molecule has 1 aliphatic heterocycles. The van der Waals surface area contributed by atoms with Crippen molar-refractivity contribution in [3.8, 4) is 0 Å². The number of likely N-dealkylation sites (tertiary alicyclic amines) is 1. The minimum atomic E-state index is 0.534. The van der Waals surface area contributed by atoms with Crippen molar-refractivity contribution >= 4 is 0 Å². The van der Waals surface area contributed by atoms with Gasteiger partial charge in [-0.2, -0.15) is 5.10 Å². The Hall–Kier alpha value is -0.940. The fraction of sp³-hybridized carbons (Fsp3) is 0.857. The van der Waals surface area contributed by atoms with Gasteiger partial charge in [0.25, 0.3) is 0 Å². The molecule has 0 aromatic carbocycles. The summed E-state index contributed by atoms with van der Waals surface area (Å²) in [5.41, 5.74) is 0. The highest BCUT2D eigenvalue weighted by molar-refractivity contribution is 4.87. The van der Waals surface area contributed by atoms with E-state index in [1.165, 1.54) is 38.8 Å². The summed E-state index contributed by atoms with van der Waals surface area (Å²) < 4.78 is 7.61. The summed E-state index contributed by atoms with van der Waals surface area (Å²) in [5.74, 6) is 0.841. The first-order chi connectivity index (χ1) is 9.35. The maximum Gasteiger partial charge on any atom is 0.137 e. The maximum absolute atomic E-state index is 5.64. The average Bonchev–Trinajstić information content (AvgIpc) is 3.00. The summed E-state index contributed by atoms with van der Waals surface area (Å²) in [6.07, 6.45) is 9.10. The van der Waals surface area contributed by atoms with Gasteiger partial charge in [0.2, 0.25) is 0 Å². The average molecular weight is 264 g/mol. The minimum Gasteiger partial charge on any atom is -0.378 e. The summed E-state index contributed by atoms with van der Waals surface area (Å²) in [6, 6.07) is 0.646. The molecular formula is C14H24N4O. The van der Waals surface area contributed by atoms with Gasteiger partial charge >= 0.3 is 0 Å². The zero-order valence-electron chi connectivity index (χ0n) is 11.7. The molecule has 1 saturated carbocycles. The molecule has 3 rings (SSSR count). The molecule has 0 spiro atoms. The molecule has 2 fully saturated rings. The van der Waals surface area contributed by atoms with Crippen LogP contribution in [0.5, 0.6) is 0 Å². The Morgan fingerprint density at radius 1 is 1.32 bits per heavy atom. The van der Waals surface area contributed by atoms with Crippen LogP contribution >= 0.6 is 0 Å². The van der Waals surface area contributed by atoms with Gasteiger partial charge in [0, 0.05) is 19.2 Å². The monoisotopic (exact) mass is 264 g/mol. The first kappa shape index (κ1) is 13.1. The highest BCUT2D eigenvalue weighted by Gasteiger charge is 2.34. The standard InChI is InChI=1S/C14H24N4O/c1-2-19-14-6-12(7-14)8-17-5-3-4-13(17)9-18-11-15-10-16-18/h10-14H,2-9H2,1H3. The van der Waals surface area contributed by atoms with E-state index >= 15 is 0 Å². The SMILES string of the molecule is CCOC1CC(CN2CCCC2Cn2cncn2)C1. The lowest BCUT2D eigenvalue weighted by Gasteiger charge is -2.38. The fourth-order valence-corrected chi connectivity index (χ4v) is 3.41. The van der Waals surface area contributed by atoms with E-state index in [9.17, 15) is 0 Å². The van der Waals surface area contributed by atoms with Crippen molar-refractivity contribution in [1.29, 1.82) is 0 Å². The van der Waals surface area contributed by atoms with Crippen molar-refractivity contribution in [3.05, 3.63) is 12.7 Å². The third-order valence-corrected chi connectivity index (χ3v) is 4.45. The fourth-order valence-electron chi connectivity index (χ4n) is 3.41. The second-order valence-electron chi connectivity index (χ2n) is 5.82. The second kappa shape index (κ2) is 6.01. The number of nitrogens with zero attached hydrogens (tertiary/aromatic N) is 4. The lowest BCUT2D eigenvalue weighted by Crippen LogP contribution is -2.42. The molecule has 1 aromatic rings. The Kier molecular flexibility index (Phi) is 4.13. The van der Waals surface area contributed by atoms with Gasteiger partial charge in [-0.15, -0.1) is 0 Å². The molecule has 0 bridgehead atoms. The molecule has 0 radical (unpaired) electrons. The normalized spacial score (nSPS) is 31.5. The minimum absolute atomic E-state index is 0.534. The Balaban J connectivity index is 1.45. The van der Waals surface area contributed by atoms with Crippen LogP contribution in [-0.2, 0) is 11.3 Å². The van der Waals surface area contributed by atoms with E-state index in [0.29, 0.717) is 12.1 Å². The molecule has 1 aliphatic carbocycles. The van der Waals surface area contributed by atoms with Gasteiger partial charge in [-0.25, -0.2) is 4.98 Å². The summed E-state index contributed by atoms with van der Waals surface area (Å²) in [4.78, 5) is 6.67. The van der Waals surface area contributed by atoms with Gasteiger partial charge in [-0.05, 0) is 45.1 Å². The predicted octanol–water partition coefficient (Wildman–Crippen LogP) is 1.56. The maximum atomic E-state index is 5.64. The van der Waals surface area contributed by atoms with Crippen LogP contribution in [0.3, 0.4) is 0 Å². The van der Waals surface area contributed by atoms with E-state index in [-0.39, 0.29) is 0 Å². The number of ether oxygens (including phenoxy) is 1. The molecule has 1 atom stereocenters. The number of aromatic nitrogens is 3. The summed E-state index contributed by atoms with van der Waals surface area (Å²) in [6.45, 7) is 6.41. The van der Waals surface area contributed by atoms with Crippen molar-refractivity contribution in [3.63, 3.8) is 0 Å². The molecule has 2 aliphatic rings. The largest absolute Gasteiger partial charge is 0.378 e. The number of hydrogen-bond acceptors (Lipinski definition) is 4. The van der Waals surface area contributed by atoms with Crippen LogP contribution in [0, 0.1) is 5.92 Å². The zero-order chi connectivity index (χ0) is 13.1. The number of rotatable bonds is 6. The highest BCUT2D eigenvalue weighted by Crippen LogP contribution is 2.32. The predicted molar refractivity (Wildman–Crippen MR) is 72.8 cm³/mol. The first-order valence-corrected chi connectivity index (χ1v) is 7.53. The summed E-state index contributed by atoms with van der Waals surface area (Å²) >= 11 is 0. The third-order valence-electron chi connectivity index (χ3n) is 4.45. The molecule has 1 unspecified atom stereocenters. The smallest absolute Gasteiger partial charge is 0.137 e. The molecule has 1 aromatic heterocycles. The van der Waals surface area contributed by atoms with Gasteiger partial charge < -0.3 is 4.74 Å². The Bertz CT molecular complexity index is 375. The second-order valence-corrected chi connectivity index (χ2v) is 5.82. The van der Waals surface area contributed by atoms with Crippen LogP contribution in [0.25, 0.3) is 0 Å². The van der Waals surface area contributed by atoms with Crippen molar-refractivity contribution in [2.24, 2.45) is 5.92 Å². The zero-order valence-corrected chi connectivity index (χ0v) is 11.7. The van der Waals surface area contributed by atoms with Gasteiger partial charge in [0.05, 0.1) is 12.6 Å². The van der Waals surface area contributed by atoms with Gasteiger partial charge in [-0.3, -0.25) is 9.58 Å². The molecule has 0 N–H and O–H groups in total. The third kappa shape index (κ3) is 3.15. The quantitative estimate of drug-likeness (QED) is 0.782. The number of hydrogen-bond donors (Lipinski definition) is 0. The van der Waals surface area contributed by atoms with Gasteiger partial charge in [-0.1, -0.05) is 0 Å². The topological polar surface area (TPSA) is 43.2 Å². The Morgan fingerprint density at radius 3 is 2.95 bits per heavy atom. The van der Waals surface area contributed by atoms with Crippen LogP contribution in [0.2, 0.25) is 0 Å². The lowest BCUT2D eigenvalue weighted by molar-refractivity contribution is -0.0350. The van der Waals surface area contributed by atoms with Crippen LogP contribution in [-0.4, -0.2) is 51.5 Å². The van der Waals surface area contributed by atoms with Crippen LogP contribution in [0.1, 0.15) is 32.6 Å². The van der Waals surface area contributed by atoms with Crippen LogP contribution in [0.4, 0.5) is 0 Å². The molecule has 0 amide bonds. The Morgan fingerprint density at radius 2 is 2.21 bits per heavy atom. The lowest BCUT2D eigenvalue weighted by atomic mass is 9.82. The van der Waals surface area contributed by atoms with E-state index < -0.39 is 0 Å². The molecule has 19 heavy (non-hydrogen) atoms. The summed E-state index contributed by atoms with van der Waals surface area (Å²) in [7, 11) is 0. The molecule has 1 saturated heterocycles. The first-order valence-electron chi connectivity index (χ1n) is 7.53. The van der Waals surface area contributed by atoms with Gasteiger partial charge in [0.15, 0.2) is 0 Å². The molecule has 5 nitrogen and oxygen atoms in total. The van der Waals surface area contributed by atoms with Crippen LogP contribution in [0.15, 0.2) is 12.7 Å². The van der Waals surface area contributed by atoms with Crippen molar-refractivity contribution in [2.45, 2.75) is 51.3 Å². The van der Waals surface area contributed by atoms with Crippen molar-refractivity contribution in [2.75, 3.05) is 19.7 Å². The van der Waals surface area contributed by atoms with Crippen molar-refractivity contribution in [1.82, 2.24) is 19.7 Å². The molecule has 5 heteroatoms. The van der Waals surface area contributed by atoms with Crippen molar-refractivity contribution < 1.29 is 4.74 Å². The van der Waals surface area contributed by atoms with Gasteiger partial charge in [0.1, 0.15) is 12.7 Å². The molecular weight excluding hydrogens is 240 g/mol. The van der Waals surface area contributed by atoms with E-state index in [1.807, 2.05) is 11.0 Å². The van der Waals surface area contributed by atoms with Crippen LogP contribution < -0.4 is 0 Å². The van der Waals surface area contributed by atoms with E-state index in [0.717, 1.165) is 19.1 Å². The van der Waals surface area contributed by atoms with E-state index in [4.69, 9.17) is 4.74 Å². The molecule has 106 valence electrons. The highest BCUT2D eigenvalue weighted by atomic mass is 16.5. The molecule has 2 heterocycles. The summed E-state index contributed by atoms with van der Waals surface area (Å²) in [5, 5.41) is 4.22.